The highest BCUT2D eigenvalue weighted by atomic mass is 32.1. The fourth-order valence-corrected chi connectivity index (χ4v) is 5.55. The molecule has 2 aromatic carbocycles. The summed E-state index contributed by atoms with van der Waals surface area (Å²) in [6.07, 6.45) is 4.16. The second kappa shape index (κ2) is 5.74. The minimum Gasteiger partial charge on any atom is -0.399 e. The van der Waals surface area contributed by atoms with Gasteiger partial charge in [0.15, 0.2) is 0 Å². The van der Waals surface area contributed by atoms with E-state index in [1.54, 1.807) is 0 Å². The normalized spacial score (nSPS) is 12.1. The van der Waals surface area contributed by atoms with Crippen LogP contribution in [-0.2, 0) is 0 Å². The summed E-state index contributed by atoms with van der Waals surface area (Å²) in [7, 11) is 0. The summed E-state index contributed by atoms with van der Waals surface area (Å²) in [6.45, 7) is 6.61. The summed E-state index contributed by atoms with van der Waals surface area (Å²) >= 11 is 3.68. The van der Waals surface area contributed by atoms with Gasteiger partial charge in [-0.05, 0) is 30.2 Å². The van der Waals surface area contributed by atoms with E-state index in [0.29, 0.717) is 6.54 Å². The van der Waals surface area contributed by atoms with E-state index in [-0.39, 0.29) is 0 Å². The zero-order valence-electron chi connectivity index (χ0n) is 13.4. The zero-order valence-corrected chi connectivity index (χ0v) is 15.1. The molecule has 2 heterocycles. The van der Waals surface area contributed by atoms with Crippen LogP contribution < -0.4 is 11.5 Å². The Balaban J connectivity index is 2.00. The Hall–Kier alpha value is -2.14. The third-order valence-electron chi connectivity index (χ3n) is 4.29. The smallest absolute Gasteiger partial charge is 0.0534 e. The Morgan fingerprint density at radius 2 is 1.79 bits per heavy atom. The van der Waals surface area contributed by atoms with Gasteiger partial charge in [0.2, 0.25) is 0 Å². The molecule has 4 rings (SSSR count). The molecule has 120 valence electrons. The van der Waals surface area contributed by atoms with Crippen LogP contribution in [0.2, 0.25) is 0 Å². The molecular formula is C20H18N2S2. The first-order chi connectivity index (χ1) is 11.6. The van der Waals surface area contributed by atoms with Crippen molar-refractivity contribution >= 4 is 64.7 Å². The molecule has 0 saturated heterocycles. The van der Waals surface area contributed by atoms with Gasteiger partial charge in [-0.2, -0.15) is 0 Å². The van der Waals surface area contributed by atoms with Crippen LogP contribution in [0.1, 0.15) is 10.4 Å². The van der Waals surface area contributed by atoms with Crippen molar-refractivity contribution < 1.29 is 0 Å². The number of fused-ring (bicyclic) bond motifs is 5. The van der Waals surface area contributed by atoms with E-state index in [0.717, 1.165) is 11.3 Å². The van der Waals surface area contributed by atoms with Crippen molar-refractivity contribution in [2.45, 2.75) is 6.92 Å². The summed E-state index contributed by atoms with van der Waals surface area (Å²) in [5.41, 5.74) is 14.6. The number of hydrogen-bond donors (Lipinski definition) is 2. The van der Waals surface area contributed by atoms with E-state index in [1.807, 2.05) is 34.8 Å². The van der Waals surface area contributed by atoms with E-state index < -0.39 is 0 Å². The molecule has 2 aromatic heterocycles. The Labute approximate surface area is 148 Å². The fraction of sp³-hybridized carbons (Fsp3) is 0.100. The van der Waals surface area contributed by atoms with Gasteiger partial charge in [-0.1, -0.05) is 36.9 Å². The highest BCUT2D eigenvalue weighted by Gasteiger charge is 2.13. The number of aryl methyl sites for hydroxylation is 1. The summed E-state index contributed by atoms with van der Waals surface area (Å²) < 4.78 is 3.94. The maximum atomic E-state index is 5.95. The Morgan fingerprint density at radius 1 is 1.08 bits per heavy atom. The first-order valence-electron chi connectivity index (χ1n) is 7.78. The molecule has 24 heavy (non-hydrogen) atoms. The molecule has 0 aliphatic carbocycles. The molecule has 0 aliphatic rings. The average molecular weight is 351 g/mol. The minimum absolute atomic E-state index is 0.486. The summed E-state index contributed by atoms with van der Waals surface area (Å²) in [5, 5.41) is 3.89. The van der Waals surface area contributed by atoms with E-state index in [2.05, 4.69) is 43.8 Å². The predicted octanol–water partition coefficient (Wildman–Crippen LogP) is 5.69. The molecule has 4 heteroatoms. The van der Waals surface area contributed by atoms with Crippen molar-refractivity contribution in [3.05, 3.63) is 59.0 Å². The van der Waals surface area contributed by atoms with Crippen LogP contribution in [-0.4, -0.2) is 6.54 Å². The molecule has 0 spiro atoms. The maximum Gasteiger partial charge on any atom is 0.0534 e. The second-order valence-corrected chi connectivity index (χ2v) is 8.22. The van der Waals surface area contributed by atoms with Gasteiger partial charge in [0.05, 0.1) is 9.40 Å². The monoisotopic (exact) mass is 350 g/mol. The van der Waals surface area contributed by atoms with Crippen molar-refractivity contribution in [2.75, 3.05) is 12.3 Å². The first kappa shape index (κ1) is 15.4. The Bertz CT molecular complexity index is 1130. The molecule has 4 aromatic rings. The summed E-state index contributed by atoms with van der Waals surface area (Å²) in [5.74, 6) is 0. The molecular weight excluding hydrogens is 332 g/mol. The molecule has 0 unspecified atom stereocenters. The van der Waals surface area contributed by atoms with Crippen LogP contribution in [0.4, 0.5) is 5.69 Å². The number of thiophene rings is 2. The molecule has 0 saturated carbocycles. The van der Waals surface area contributed by atoms with E-state index in [4.69, 9.17) is 11.5 Å². The number of anilines is 1. The van der Waals surface area contributed by atoms with Gasteiger partial charge in [-0.15, -0.1) is 22.7 Å². The quantitative estimate of drug-likeness (QED) is 0.368. The van der Waals surface area contributed by atoms with Crippen LogP contribution in [0.3, 0.4) is 0 Å². The molecule has 0 radical (unpaired) electrons. The highest BCUT2D eigenvalue weighted by molar-refractivity contribution is 7.31. The van der Waals surface area contributed by atoms with Gasteiger partial charge in [0.1, 0.15) is 0 Å². The molecule has 4 N–H and O–H groups in total. The lowest BCUT2D eigenvalue weighted by atomic mass is 10.1. The zero-order chi connectivity index (χ0) is 16.8. The Kier molecular flexibility index (Phi) is 3.68. The molecule has 0 fully saturated rings. The largest absolute Gasteiger partial charge is 0.399 e. The number of rotatable bonds is 3. The lowest BCUT2D eigenvalue weighted by molar-refractivity contribution is 1.20. The van der Waals surface area contributed by atoms with Gasteiger partial charge < -0.3 is 11.5 Å². The lowest BCUT2D eigenvalue weighted by Gasteiger charge is -1.97. The molecule has 0 aliphatic heterocycles. The van der Waals surface area contributed by atoms with Gasteiger partial charge in [0.25, 0.3) is 0 Å². The summed E-state index contributed by atoms with van der Waals surface area (Å²) in [4.78, 5) is 1.32. The van der Waals surface area contributed by atoms with Crippen LogP contribution in [0.15, 0.2) is 48.6 Å². The van der Waals surface area contributed by atoms with Crippen molar-refractivity contribution in [2.24, 2.45) is 5.73 Å². The topological polar surface area (TPSA) is 52.0 Å². The average Bonchev–Trinajstić information content (AvgIpc) is 3.09. The van der Waals surface area contributed by atoms with Crippen LogP contribution in [0.25, 0.3) is 36.3 Å². The van der Waals surface area contributed by atoms with Gasteiger partial charge in [0, 0.05) is 38.0 Å². The first-order valence-corrected chi connectivity index (χ1v) is 9.41. The highest BCUT2D eigenvalue weighted by Crippen LogP contribution is 2.43. The molecule has 2 nitrogen and oxygen atoms in total. The van der Waals surface area contributed by atoms with E-state index >= 15 is 0 Å². The SMILES string of the molecule is C=C(/C=C\c1c(C)sc2c1ccc1c3ccc(N)cc3sc12)CN. The standard InChI is InChI=1S/C20H18N2S2/c1-11(10-21)3-5-14-12(2)23-19-16(14)7-8-17-15-6-4-13(22)9-18(15)24-20(17)19/h3-9H,1,10,21-22H2,2H3/b5-3-. The number of hydrogen-bond acceptors (Lipinski definition) is 4. The maximum absolute atomic E-state index is 5.95. The van der Waals surface area contributed by atoms with Crippen molar-refractivity contribution in [3.63, 3.8) is 0 Å². The number of nitrogen functional groups attached to an aromatic ring is 1. The van der Waals surface area contributed by atoms with Crippen molar-refractivity contribution in [1.29, 1.82) is 0 Å². The van der Waals surface area contributed by atoms with Gasteiger partial charge in [-0.25, -0.2) is 0 Å². The molecule has 0 atom stereocenters. The van der Waals surface area contributed by atoms with E-state index in [9.17, 15) is 0 Å². The summed E-state index contributed by atoms with van der Waals surface area (Å²) in [6, 6.07) is 10.6. The fourth-order valence-electron chi connectivity index (χ4n) is 3.02. The van der Waals surface area contributed by atoms with Gasteiger partial charge in [-0.3, -0.25) is 0 Å². The third kappa shape index (κ3) is 2.35. The predicted molar refractivity (Wildman–Crippen MR) is 111 cm³/mol. The second-order valence-electron chi connectivity index (χ2n) is 5.94. The number of nitrogens with two attached hydrogens (primary N) is 2. The number of benzene rings is 2. The van der Waals surface area contributed by atoms with Crippen molar-refractivity contribution in [1.82, 2.24) is 0 Å². The lowest BCUT2D eigenvalue weighted by Crippen LogP contribution is -1.98. The van der Waals surface area contributed by atoms with Crippen LogP contribution in [0.5, 0.6) is 0 Å². The van der Waals surface area contributed by atoms with Crippen LogP contribution >= 0.6 is 22.7 Å². The van der Waals surface area contributed by atoms with Gasteiger partial charge >= 0.3 is 0 Å². The Morgan fingerprint density at radius 3 is 2.58 bits per heavy atom. The van der Waals surface area contributed by atoms with Crippen molar-refractivity contribution in [3.8, 4) is 0 Å². The minimum atomic E-state index is 0.486. The van der Waals surface area contributed by atoms with Crippen LogP contribution in [0, 0.1) is 6.92 Å². The molecule has 0 bridgehead atoms. The third-order valence-corrected chi connectivity index (χ3v) is 6.76. The molecule has 0 amide bonds. The van der Waals surface area contributed by atoms with E-state index in [1.165, 1.54) is 40.7 Å².